The minimum atomic E-state index is -4.55. The summed E-state index contributed by atoms with van der Waals surface area (Å²) < 4.78 is 69.9. The van der Waals surface area contributed by atoms with Crippen molar-refractivity contribution in [1.29, 1.82) is 0 Å². The van der Waals surface area contributed by atoms with Gasteiger partial charge < -0.3 is 4.74 Å². The number of piperidine rings is 1. The molecule has 0 atom stereocenters. The van der Waals surface area contributed by atoms with E-state index in [0.29, 0.717) is 38.0 Å². The van der Waals surface area contributed by atoms with Gasteiger partial charge in [0.05, 0.1) is 0 Å². The fourth-order valence-corrected chi connectivity index (χ4v) is 2.85. The van der Waals surface area contributed by atoms with Gasteiger partial charge >= 0.3 is 12.2 Å². The summed E-state index contributed by atoms with van der Waals surface area (Å²) in [5.41, 5.74) is -0.517. The Hall–Kier alpha value is -2.29. The maximum Gasteiger partial charge on any atom is 0.433 e. The summed E-state index contributed by atoms with van der Waals surface area (Å²) in [4.78, 5) is 9.11. The van der Waals surface area contributed by atoms with Gasteiger partial charge in [0.15, 0.2) is 5.69 Å². The first kappa shape index (κ1) is 18.5. The molecule has 1 aromatic heterocycles. The Morgan fingerprint density at radius 1 is 1.08 bits per heavy atom. The summed E-state index contributed by atoms with van der Waals surface area (Å²) >= 11 is 0. The monoisotopic (exact) mass is 373 g/mol. The van der Waals surface area contributed by atoms with Gasteiger partial charge in [0, 0.05) is 31.9 Å². The predicted molar refractivity (Wildman–Crippen MR) is 82.3 cm³/mol. The Balaban J connectivity index is 1.54. The van der Waals surface area contributed by atoms with Crippen LogP contribution in [-0.4, -0.2) is 34.1 Å². The minimum absolute atomic E-state index is 0.300. The Bertz CT molecular complexity index is 740. The van der Waals surface area contributed by atoms with Crippen LogP contribution in [0.5, 0.6) is 6.01 Å². The lowest BCUT2D eigenvalue weighted by molar-refractivity contribution is -0.141. The van der Waals surface area contributed by atoms with Gasteiger partial charge in [0.2, 0.25) is 0 Å². The second kappa shape index (κ2) is 7.53. The smallest absolute Gasteiger partial charge is 0.433 e. The fraction of sp³-hybridized carbons (Fsp3) is 0.412. The lowest BCUT2D eigenvalue weighted by atomic mass is 10.1. The van der Waals surface area contributed by atoms with E-state index in [-0.39, 0.29) is 12.1 Å². The van der Waals surface area contributed by atoms with Crippen molar-refractivity contribution < 1.29 is 26.7 Å². The molecular formula is C17H16F5N3O. The van der Waals surface area contributed by atoms with Crippen LogP contribution in [0, 0.1) is 11.6 Å². The standard InChI is InChI=1S/C17H16F5N3O/c18-12-7-11(8-13(19)9-12)10-25-5-2-14(3-6-25)26-16-23-4-1-15(24-16)17(20,21)22/h1,4,7-9,14H,2-3,5-6,10H2. The van der Waals surface area contributed by atoms with E-state index < -0.39 is 23.5 Å². The maximum atomic E-state index is 13.2. The lowest BCUT2D eigenvalue weighted by Crippen LogP contribution is -2.38. The molecular weight excluding hydrogens is 357 g/mol. The molecule has 1 fully saturated rings. The predicted octanol–water partition coefficient (Wildman–Crippen LogP) is 3.82. The van der Waals surface area contributed by atoms with E-state index in [0.717, 1.165) is 18.3 Å². The number of ether oxygens (including phenoxy) is 1. The third-order valence-corrected chi connectivity index (χ3v) is 4.06. The normalized spacial score (nSPS) is 16.7. The molecule has 0 bridgehead atoms. The molecule has 2 heterocycles. The molecule has 9 heteroatoms. The van der Waals surface area contributed by atoms with Crippen LogP contribution in [0.3, 0.4) is 0 Å². The van der Waals surface area contributed by atoms with E-state index >= 15 is 0 Å². The zero-order valence-electron chi connectivity index (χ0n) is 13.6. The highest BCUT2D eigenvalue weighted by Gasteiger charge is 2.33. The molecule has 1 aliphatic rings. The molecule has 2 aromatic rings. The molecule has 0 radical (unpaired) electrons. The summed E-state index contributed by atoms with van der Waals surface area (Å²) in [6, 6.07) is 3.86. The lowest BCUT2D eigenvalue weighted by Gasteiger charge is -2.31. The molecule has 0 spiro atoms. The van der Waals surface area contributed by atoms with E-state index in [2.05, 4.69) is 9.97 Å². The molecule has 1 aromatic carbocycles. The van der Waals surface area contributed by atoms with Crippen molar-refractivity contribution in [3.8, 4) is 6.01 Å². The summed E-state index contributed by atoms with van der Waals surface area (Å²) in [6.45, 7) is 1.56. The average molecular weight is 373 g/mol. The number of hydrogen-bond acceptors (Lipinski definition) is 4. The number of alkyl halides is 3. The first-order chi connectivity index (χ1) is 12.3. The van der Waals surface area contributed by atoms with Crippen LogP contribution in [0.15, 0.2) is 30.5 Å². The number of hydrogen-bond donors (Lipinski definition) is 0. The van der Waals surface area contributed by atoms with E-state index in [1.807, 2.05) is 4.90 Å². The molecule has 1 saturated heterocycles. The minimum Gasteiger partial charge on any atom is -0.460 e. The van der Waals surface area contributed by atoms with Crippen molar-refractivity contribution in [2.75, 3.05) is 13.1 Å². The number of halogens is 5. The van der Waals surface area contributed by atoms with Gasteiger partial charge in [-0.05, 0) is 36.6 Å². The summed E-state index contributed by atoms with van der Waals surface area (Å²) in [5, 5.41) is 0. The SMILES string of the molecule is Fc1cc(F)cc(CN2CCC(Oc3nccc(C(F)(F)F)n3)CC2)c1. The molecule has 0 N–H and O–H groups in total. The third-order valence-electron chi connectivity index (χ3n) is 4.06. The quantitative estimate of drug-likeness (QED) is 0.764. The Kier molecular flexibility index (Phi) is 5.36. The number of nitrogens with zero attached hydrogens (tertiary/aromatic N) is 3. The average Bonchev–Trinajstić information content (AvgIpc) is 2.55. The summed E-state index contributed by atoms with van der Waals surface area (Å²) in [6.07, 6.45) is -2.74. The number of rotatable bonds is 4. The van der Waals surface area contributed by atoms with Gasteiger partial charge in [0.1, 0.15) is 17.7 Å². The van der Waals surface area contributed by atoms with Gasteiger partial charge in [0.25, 0.3) is 0 Å². The highest BCUT2D eigenvalue weighted by atomic mass is 19.4. The van der Waals surface area contributed by atoms with Crippen molar-refractivity contribution in [3.05, 3.63) is 53.4 Å². The molecule has 0 aliphatic carbocycles. The van der Waals surface area contributed by atoms with E-state index in [1.54, 1.807) is 0 Å². The summed E-state index contributed by atoms with van der Waals surface area (Å²) in [7, 11) is 0. The third kappa shape index (κ3) is 4.87. The molecule has 0 unspecified atom stereocenters. The highest BCUT2D eigenvalue weighted by Crippen LogP contribution is 2.28. The Morgan fingerprint density at radius 3 is 2.35 bits per heavy atom. The van der Waals surface area contributed by atoms with Crippen molar-refractivity contribution in [2.45, 2.75) is 31.7 Å². The van der Waals surface area contributed by atoms with Gasteiger partial charge in [-0.2, -0.15) is 18.2 Å². The molecule has 0 saturated carbocycles. The molecule has 0 amide bonds. The van der Waals surface area contributed by atoms with Crippen LogP contribution in [0.25, 0.3) is 0 Å². The largest absolute Gasteiger partial charge is 0.460 e. The van der Waals surface area contributed by atoms with Gasteiger partial charge in [-0.3, -0.25) is 4.90 Å². The number of aromatic nitrogens is 2. The second-order valence-electron chi connectivity index (χ2n) is 6.09. The molecule has 26 heavy (non-hydrogen) atoms. The second-order valence-corrected chi connectivity index (χ2v) is 6.09. The molecule has 3 rings (SSSR count). The van der Waals surface area contributed by atoms with Crippen LogP contribution in [0.2, 0.25) is 0 Å². The van der Waals surface area contributed by atoms with Crippen molar-refractivity contribution in [2.24, 2.45) is 0 Å². The Labute approximate surface area is 146 Å². The van der Waals surface area contributed by atoms with Crippen molar-refractivity contribution in [1.82, 2.24) is 14.9 Å². The fourth-order valence-electron chi connectivity index (χ4n) is 2.85. The van der Waals surface area contributed by atoms with Crippen molar-refractivity contribution in [3.63, 3.8) is 0 Å². The maximum absolute atomic E-state index is 13.2. The molecule has 1 aliphatic heterocycles. The zero-order chi connectivity index (χ0) is 18.7. The molecule has 140 valence electrons. The summed E-state index contributed by atoms with van der Waals surface area (Å²) in [5.74, 6) is -1.25. The van der Waals surface area contributed by atoms with Crippen LogP contribution in [0.1, 0.15) is 24.1 Å². The van der Waals surface area contributed by atoms with Gasteiger partial charge in [-0.15, -0.1) is 0 Å². The first-order valence-electron chi connectivity index (χ1n) is 8.04. The number of likely N-dealkylation sites (tertiary alicyclic amines) is 1. The van der Waals surface area contributed by atoms with Crippen molar-refractivity contribution >= 4 is 0 Å². The molecule has 4 nitrogen and oxygen atoms in total. The van der Waals surface area contributed by atoms with Gasteiger partial charge in [-0.25, -0.2) is 13.8 Å². The van der Waals surface area contributed by atoms with E-state index in [9.17, 15) is 22.0 Å². The Morgan fingerprint density at radius 2 is 1.73 bits per heavy atom. The van der Waals surface area contributed by atoms with Crippen LogP contribution in [0.4, 0.5) is 22.0 Å². The van der Waals surface area contributed by atoms with Crippen LogP contribution >= 0.6 is 0 Å². The highest BCUT2D eigenvalue weighted by molar-refractivity contribution is 5.18. The van der Waals surface area contributed by atoms with E-state index in [4.69, 9.17) is 4.74 Å². The number of benzene rings is 1. The van der Waals surface area contributed by atoms with Crippen LogP contribution < -0.4 is 4.74 Å². The van der Waals surface area contributed by atoms with E-state index in [1.165, 1.54) is 12.1 Å². The van der Waals surface area contributed by atoms with Gasteiger partial charge in [-0.1, -0.05) is 0 Å². The van der Waals surface area contributed by atoms with Crippen LogP contribution in [-0.2, 0) is 12.7 Å². The topological polar surface area (TPSA) is 38.2 Å². The first-order valence-corrected chi connectivity index (χ1v) is 8.04. The zero-order valence-corrected chi connectivity index (χ0v) is 13.6.